The number of halogens is 2. The fraction of sp³-hybridized carbons (Fsp3) is 0.500. The van der Waals surface area contributed by atoms with Crippen LogP contribution in [0.3, 0.4) is 0 Å². The molecule has 25 heteroatoms. The number of aromatic nitrogens is 8. The van der Waals surface area contributed by atoms with E-state index in [1.165, 1.54) is 10.9 Å². The molecule has 238 valence electrons. The van der Waals surface area contributed by atoms with E-state index >= 15 is 8.78 Å². The molecule has 0 saturated carbocycles. The average molecular weight is 688 g/mol. The summed E-state index contributed by atoms with van der Waals surface area (Å²) in [5, 5.41) is 0. The Morgan fingerprint density at radius 1 is 0.956 bits per heavy atom. The summed E-state index contributed by atoms with van der Waals surface area (Å²) in [6, 6.07) is 0. The summed E-state index contributed by atoms with van der Waals surface area (Å²) in [7, 11) is 1.19. The second-order valence-corrected chi connectivity index (χ2v) is 14.5. The Hall–Kier alpha value is -2.98. The highest BCUT2D eigenvalue weighted by atomic mass is 32.5. The number of hydrogen-bond acceptors (Lipinski definition) is 16. The Kier molecular flexibility index (Phi) is 7.55. The van der Waals surface area contributed by atoms with Crippen molar-refractivity contribution in [3.8, 4) is 0 Å². The molecule has 0 aromatic carbocycles. The number of rotatable bonds is 2. The molecule has 0 spiro atoms. The molecule has 3 fully saturated rings. The Bertz CT molecular complexity index is 1950. The highest BCUT2D eigenvalue weighted by molar-refractivity contribution is 8.07. The zero-order valence-corrected chi connectivity index (χ0v) is 25.0. The van der Waals surface area contributed by atoms with Crippen LogP contribution in [0.25, 0.3) is 22.3 Å². The maximum atomic E-state index is 16.0. The lowest BCUT2D eigenvalue weighted by molar-refractivity contribution is -0.0566. The van der Waals surface area contributed by atoms with Crippen molar-refractivity contribution < 1.29 is 45.8 Å². The van der Waals surface area contributed by atoms with Gasteiger partial charge in [-0.15, -0.1) is 0 Å². The molecular weight excluding hydrogens is 667 g/mol. The summed E-state index contributed by atoms with van der Waals surface area (Å²) in [4.78, 5) is 45.3. The Morgan fingerprint density at radius 3 is 2.24 bits per heavy atom. The fourth-order valence-electron chi connectivity index (χ4n) is 5.27. The normalized spacial score (nSPS) is 37.7. The first-order valence-corrected chi connectivity index (χ1v) is 17.1. The van der Waals surface area contributed by atoms with Gasteiger partial charge in [-0.25, -0.2) is 28.7 Å². The third-order valence-electron chi connectivity index (χ3n) is 7.26. The van der Waals surface area contributed by atoms with Gasteiger partial charge in [0, 0.05) is 0 Å². The van der Waals surface area contributed by atoms with Gasteiger partial charge >= 0.3 is 6.72 Å². The van der Waals surface area contributed by atoms with Crippen LogP contribution in [0.2, 0.25) is 0 Å². The van der Waals surface area contributed by atoms with Gasteiger partial charge in [-0.1, -0.05) is 0 Å². The van der Waals surface area contributed by atoms with E-state index < -0.39 is 82.2 Å². The van der Waals surface area contributed by atoms with Crippen LogP contribution in [-0.2, 0) is 43.9 Å². The molecule has 3 aliphatic rings. The van der Waals surface area contributed by atoms with E-state index in [1.807, 2.05) is 0 Å². The summed E-state index contributed by atoms with van der Waals surface area (Å²) in [6.45, 7) is -5.72. The Morgan fingerprint density at radius 2 is 1.56 bits per heavy atom. The molecule has 3 aliphatic heterocycles. The first-order valence-electron chi connectivity index (χ1n) is 12.9. The smallest absolute Gasteiger partial charge is 0.325 e. The van der Waals surface area contributed by atoms with Crippen molar-refractivity contribution >= 4 is 67.7 Å². The van der Waals surface area contributed by atoms with Gasteiger partial charge in [0.1, 0.15) is 36.3 Å². The van der Waals surface area contributed by atoms with E-state index in [0.717, 1.165) is 17.2 Å². The van der Waals surface area contributed by atoms with Crippen molar-refractivity contribution in [1.82, 2.24) is 39.0 Å². The van der Waals surface area contributed by atoms with Gasteiger partial charge in [0.2, 0.25) is 13.5 Å². The predicted octanol–water partition coefficient (Wildman–Crippen LogP) is -0.0945. The van der Waals surface area contributed by atoms with Crippen molar-refractivity contribution in [2.24, 2.45) is 0 Å². The van der Waals surface area contributed by atoms with Crippen LogP contribution in [0.4, 0.5) is 20.5 Å². The molecule has 2 radical (unpaired) electrons. The van der Waals surface area contributed by atoms with E-state index in [-0.39, 0.29) is 34.1 Å². The molecule has 7 heterocycles. The third kappa shape index (κ3) is 5.45. The number of ether oxygens (including phenoxy) is 2. The second-order valence-electron chi connectivity index (χ2n) is 10.1. The number of aromatic amines is 1. The van der Waals surface area contributed by atoms with Crippen LogP contribution in [0.15, 0.2) is 23.8 Å². The third-order valence-corrected chi connectivity index (χ3v) is 9.87. The molecule has 45 heavy (non-hydrogen) atoms. The van der Waals surface area contributed by atoms with Gasteiger partial charge in [-0.3, -0.25) is 28.0 Å². The van der Waals surface area contributed by atoms with Gasteiger partial charge < -0.3 is 39.4 Å². The molecule has 0 bridgehead atoms. The van der Waals surface area contributed by atoms with E-state index in [9.17, 15) is 14.3 Å². The van der Waals surface area contributed by atoms with Crippen molar-refractivity contribution in [2.45, 2.75) is 49.2 Å². The van der Waals surface area contributed by atoms with Crippen LogP contribution < -0.4 is 17.0 Å². The molecule has 4 aromatic rings. The van der Waals surface area contributed by atoms with E-state index in [4.69, 9.17) is 58.4 Å². The minimum atomic E-state index is -4.62. The quantitative estimate of drug-likeness (QED) is 0.159. The number of nitrogens with one attached hydrogen (secondary N) is 1. The first-order chi connectivity index (χ1) is 21.3. The zero-order chi connectivity index (χ0) is 31.8. The maximum Gasteiger partial charge on any atom is 0.325 e. The maximum absolute atomic E-state index is 16.0. The lowest BCUT2D eigenvalue weighted by Gasteiger charge is -2.29. The Labute approximate surface area is 255 Å². The summed E-state index contributed by atoms with van der Waals surface area (Å²) in [5.41, 5.74) is 10.8. The molecule has 0 amide bonds. The van der Waals surface area contributed by atoms with Gasteiger partial charge in [-0.2, -0.15) is 4.98 Å². The molecule has 3 saturated heterocycles. The molecule has 6 N–H and O–H groups in total. The van der Waals surface area contributed by atoms with Gasteiger partial charge in [0.25, 0.3) is 13.0 Å². The molecule has 5 unspecified atom stereocenters. The molecular formula is C20H21BF2N10O9P2S. The Balaban J connectivity index is 1.17. The summed E-state index contributed by atoms with van der Waals surface area (Å²) < 4.78 is 80.7. The average Bonchev–Trinajstić information content (AvgIpc) is 3.72. The van der Waals surface area contributed by atoms with E-state index in [0.29, 0.717) is 0 Å². The number of hydrogen-bond donors (Lipinski definition) is 4. The lowest BCUT2D eigenvalue weighted by atomic mass is 10.1. The van der Waals surface area contributed by atoms with Crippen molar-refractivity contribution in [3.05, 3.63) is 29.3 Å². The van der Waals surface area contributed by atoms with E-state index in [2.05, 4.69) is 29.9 Å². The van der Waals surface area contributed by atoms with Crippen LogP contribution in [-0.4, -0.2) is 101 Å². The topological polar surface area (TPSA) is 252 Å². The minimum Gasteiger partial charge on any atom is -0.382 e. The summed E-state index contributed by atoms with van der Waals surface area (Å²) >= 11 is 5.13. The number of nitrogens with zero attached hydrogens (tertiary/aromatic N) is 7. The van der Waals surface area contributed by atoms with Crippen LogP contribution >= 0.6 is 14.2 Å². The van der Waals surface area contributed by atoms with Gasteiger partial charge in [0.05, 0.1) is 25.9 Å². The molecule has 0 aliphatic carbocycles. The number of fused-ring (bicyclic) bond motifs is 4. The predicted molar refractivity (Wildman–Crippen MR) is 151 cm³/mol. The molecule has 7 rings (SSSR count). The standard InChI is InChI=1S/C20H21BF2N10O9P2S/c21-43(35)37-1-6-13(9(23)18(39-6)32-4-28-10-14(24)26-3-27-15(10)32)42-44(36,45)38-2-7-12(41-43)8(22)19(40-7)33-5-29-11-16(33)30-20(25)31-17(11)34/h3-9,12-13,18-19H,1-2H2,(H,36,45)(H2,24,26,27)(H3,25,30,31,34)/t6-,7-,8?,9?,12?,13?,18-,19-,43+,44?/m1/s1. The molecule has 10 atom stereocenters. The highest BCUT2D eigenvalue weighted by Crippen LogP contribution is 2.54. The van der Waals surface area contributed by atoms with Crippen molar-refractivity contribution in [2.75, 3.05) is 24.7 Å². The van der Waals surface area contributed by atoms with Crippen LogP contribution in [0.5, 0.6) is 0 Å². The number of nitrogens with two attached hydrogens (primary N) is 2. The number of anilines is 2. The lowest BCUT2D eigenvalue weighted by Crippen LogP contribution is -2.37. The number of imidazole rings is 2. The second kappa shape index (κ2) is 11.1. The van der Waals surface area contributed by atoms with Crippen molar-refractivity contribution in [1.29, 1.82) is 0 Å². The number of nitrogen functional groups attached to an aromatic ring is 2. The largest absolute Gasteiger partial charge is 0.382 e. The number of H-pyrrole nitrogens is 1. The van der Waals surface area contributed by atoms with Crippen molar-refractivity contribution in [3.63, 3.8) is 0 Å². The minimum absolute atomic E-state index is 0.0372. The summed E-state index contributed by atoms with van der Waals surface area (Å²) in [5.74, 6) is -0.235. The zero-order valence-electron chi connectivity index (χ0n) is 22.4. The molecule has 4 aromatic heterocycles. The van der Waals surface area contributed by atoms with E-state index in [1.54, 1.807) is 0 Å². The monoisotopic (exact) mass is 688 g/mol. The highest BCUT2D eigenvalue weighted by Gasteiger charge is 2.53. The van der Waals surface area contributed by atoms with Gasteiger partial charge in [0.15, 0.2) is 47.4 Å². The van der Waals surface area contributed by atoms with Crippen LogP contribution in [0, 0.1) is 0 Å². The number of alkyl halides is 2. The fourth-order valence-corrected chi connectivity index (χ4v) is 7.71. The van der Waals surface area contributed by atoms with Crippen LogP contribution in [0.1, 0.15) is 12.5 Å². The SMILES string of the molecule is [B][P@]1(=O)OC[C@H]2O[C@@H](n3cnc4c(N)ncnc43)C(F)C2OP(O)(=S)OC[C@H]2O[C@@H](n3cnc4c(=O)[nH]c(N)nc43)C(F)C2O1. The van der Waals surface area contributed by atoms with Gasteiger partial charge in [-0.05, 0) is 11.8 Å². The summed E-state index contributed by atoms with van der Waals surface area (Å²) in [6.07, 6.45) is -9.99. The molecule has 19 nitrogen and oxygen atoms in total. The first kappa shape index (κ1) is 30.7.